The summed E-state index contributed by atoms with van der Waals surface area (Å²) in [7, 11) is 0. The summed E-state index contributed by atoms with van der Waals surface area (Å²) in [6.07, 6.45) is 3.42. The summed E-state index contributed by atoms with van der Waals surface area (Å²) >= 11 is 1.60. The molecule has 0 saturated heterocycles. The van der Waals surface area contributed by atoms with E-state index in [1.54, 1.807) is 11.8 Å². The molecular formula is C15H22N2O3S. The van der Waals surface area contributed by atoms with Gasteiger partial charge in [-0.3, -0.25) is 4.79 Å². The Kier molecular flexibility index (Phi) is 7.85. The predicted octanol–water partition coefficient (Wildman–Crippen LogP) is 1.27. The Labute approximate surface area is 129 Å². The fraction of sp³-hybridized carbons (Fsp3) is 0.467. The van der Waals surface area contributed by atoms with Crippen molar-refractivity contribution < 1.29 is 14.7 Å². The number of aliphatic carboxylic acids is 1. The van der Waals surface area contributed by atoms with Crippen molar-refractivity contribution in [3.05, 3.63) is 35.9 Å². The third-order valence-electron chi connectivity index (χ3n) is 3.15. The third kappa shape index (κ3) is 6.64. The first-order valence-electron chi connectivity index (χ1n) is 6.86. The Bertz CT molecular complexity index is 453. The van der Waals surface area contributed by atoms with Crippen LogP contribution in [0.25, 0.3) is 0 Å². The van der Waals surface area contributed by atoms with E-state index in [1.165, 1.54) is 0 Å². The van der Waals surface area contributed by atoms with Gasteiger partial charge in [-0.2, -0.15) is 11.8 Å². The largest absolute Gasteiger partial charge is 0.480 e. The molecule has 0 aromatic heterocycles. The van der Waals surface area contributed by atoms with Crippen LogP contribution < -0.4 is 11.1 Å². The van der Waals surface area contributed by atoms with Crippen molar-refractivity contribution in [1.82, 2.24) is 5.32 Å². The van der Waals surface area contributed by atoms with Gasteiger partial charge in [0.2, 0.25) is 5.91 Å². The molecule has 0 spiro atoms. The van der Waals surface area contributed by atoms with Crippen LogP contribution in [0.1, 0.15) is 18.4 Å². The van der Waals surface area contributed by atoms with Crippen LogP contribution in [0.4, 0.5) is 0 Å². The lowest BCUT2D eigenvalue weighted by molar-refractivity contribution is -0.142. The second-order valence-electron chi connectivity index (χ2n) is 4.81. The van der Waals surface area contributed by atoms with Crippen molar-refractivity contribution in [3.8, 4) is 0 Å². The highest BCUT2D eigenvalue weighted by Gasteiger charge is 2.22. The predicted molar refractivity (Wildman–Crippen MR) is 85.3 cm³/mol. The molecular weight excluding hydrogens is 288 g/mol. The van der Waals surface area contributed by atoms with Crippen LogP contribution in [0, 0.1) is 0 Å². The molecule has 1 aromatic carbocycles. The van der Waals surface area contributed by atoms with E-state index in [9.17, 15) is 14.7 Å². The summed E-state index contributed by atoms with van der Waals surface area (Å²) in [4.78, 5) is 23.1. The van der Waals surface area contributed by atoms with Gasteiger partial charge >= 0.3 is 5.97 Å². The highest BCUT2D eigenvalue weighted by atomic mass is 32.2. The first kappa shape index (κ1) is 17.5. The Hall–Kier alpha value is -1.53. The number of aryl methyl sites for hydroxylation is 1. The lowest BCUT2D eigenvalue weighted by atomic mass is 10.0. The molecule has 4 N–H and O–H groups in total. The van der Waals surface area contributed by atoms with Crippen LogP contribution in [-0.4, -0.2) is 41.1 Å². The number of carbonyl (C=O) groups excluding carboxylic acids is 1. The van der Waals surface area contributed by atoms with Crippen LogP contribution in [0.2, 0.25) is 0 Å². The molecule has 0 radical (unpaired) electrons. The fourth-order valence-electron chi connectivity index (χ4n) is 1.87. The number of hydrogen-bond donors (Lipinski definition) is 3. The first-order valence-corrected chi connectivity index (χ1v) is 8.25. The monoisotopic (exact) mass is 310 g/mol. The Morgan fingerprint density at radius 2 is 1.95 bits per heavy atom. The smallest absolute Gasteiger partial charge is 0.326 e. The zero-order valence-electron chi connectivity index (χ0n) is 12.1. The van der Waals surface area contributed by atoms with Crippen LogP contribution in [-0.2, 0) is 16.0 Å². The van der Waals surface area contributed by atoms with Crippen molar-refractivity contribution in [3.63, 3.8) is 0 Å². The van der Waals surface area contributed by atoms with E-state index < -0.39 is 24.0 Å². The normalized spacial score (nSPS) is 13.4. The second-order valence-corrected chi connectivity index (χ2v) is 5.80. The van der Waals surface area contributed by atoms with E-state index in [2.05, 4.69) is 5.32 Å². The topological polar surface area (TPSA) is 92.4 Å². The molecule has 2 atom stereocenters. The van der Waals surface area contributed by atoms with Crippen LogP contribution in [0.15, 0.2) is 30.3 Å². The highest BCUT2D eigenvalue weighted by Crippen LogP contribution is 2.06. The van der Waals surface area contributed by atoms with Crippen molar-refractivity contribution in [2.24, 2.45) is 5.73 Å². The molecule has 0 aliphatic heterocycles. The molecule has 5 nitrogen and oxygen atoms in total. The molecule has 0 saturated carbocycles. The van der Waals surface area contributed by atoms with Crippen LogP contribution in [0.3, 0.4) is 0 Å². The molecule has 1 unspecified atom stereocenters. The highest BCUT2D eigenvalue weighted by molar-refractivity contribution is 7.98. The SMILES string of the molecule is CSCC[C@H](N)C(=O)NC(CCc1ccccc1)C(=O)O. The molecule has 1 aromatic rings. The molecule has 0 bridgehead atoms. The lowest BCUT2D eigenvalue weighted by Gasteiger charge is -2.17. The number of nitrogens with two attached hydrogens (primary N) is 1. The third-order valence-corrected chi connectivity index (χ3v) is 3.79. The van der Waals surface area contributed by atoms with Gasteiger partial charge in [0, 0.05) is 0 Å². The van der Waals surface area contributed by atoms with Gasteiger partial charge in [0.05, 0.1) is 6.04 Å². The molecule has 0 fully saturated rings. The lowest BCUT2D eigenvalue weighted by Crippen LogP contribution is -2.48. The number of nitrogens with one attached hydrogen (secondary N) is 1. The van der Waals surface area contributed by atoms with Crippen LogP contribution in [0.5, 0.6) is 0 Å². The van der Waals surface area contributed by atoms with Gasteiger partial charge in [0.25, 0.3) is 0 Å². The molecule has 1 amide bonds. The van der Waals surface area contributed by atoms with Gasteiger partial charge in [0.1, 0.15) is 6.04 Å². The minimum Gasteiger partial charge on any atom is -0.480 e. The molecule has 0 aliphatic rings. The van der Waals surface area contributed by atoms with Gasteiger partial charge in [0.15, 0.2) is 0 Å². The van der Waals surface area contributed by atoms with Gasteiger partial charge in [-0.15, -0.1) is 0 Å². The Morgan fingerprint density at radius 3 is 2.52 bits per heavy atom. The summed E-state index contributed by atoms with van der Waals surface area (Å²) in [6, 6.07) is 8.03. The van der Waals surface area contributed by atoms with Gasteiger partial charge in [-0.1, -0.05) is 30.3 Å². The number of carbonyl (C=O) groups is 2. The Balaban J connectivity index is 2.50. The molecule has 116 valence electrons. The van der Waals surface area contributed by atoms with Gasteiger partial charge in [-0.05, 0) is 36.8 Å². The zero-order valence-corrected chi connectivity index (χ0v) is 12.9. The zero-order chi connectivity index (χ0) is 15.7. The number of carboxylic acids is 1. The van der Waals surface area contributed by atoms with Gasteiger partial charge < -0.3 is 16.2 Å². The summed E-state index contributed by atoms with van der Waals surface area (Å²) < 4.78 is 0. The fourth-order valence-corrected chi connectivity index (χ4v) is 2.36. The summed E-state index contributed by atoms with van der Waals surface area (Å²) in [6.45, 7) is 0. The number of amides is 1. The van der Waals surface area contributed by atoms with Crippen molar-refractivity contribution in [1.29, 1.82) is 0 Å². The van der Waals surface area contributed by atoms with E-state index in [4.69, 9.17) is 5.73 Å². The maximum absolute atomic E-state index is 11.9. The number of carboxylic acid groups (broad SMARTS) is 1. The van der Waals surface area contributed by atoms with Gasteiger partial charge in [-0.25, -0.2) is 4.79 Å². The Morgan fingerprint density at radius 1 is 1.29 bits per heavy atom. The number of thioether (sulfide) groups is 1. The minimum absolute atomic E-state index is 0.348. The number of benzene rings is 1. The summed E-state index contributed by atoms with van der Waals surface area (Å²) in [5.74, 6) is -0.656. The maximum Gasteiger partial charge on any atom is 0.326 e. The molecule has 6 heteroatoms. The van der Waals surface area contributed by atoms with Crippen molar-refractivity contribution in [2.45, 2.75) is 31.3 Å². The van der Waals surface area contributed by atoms with Crippen molar-refractivity contribution >= 4 is 23.6 Å². The van der Waals surface area contributed by atoms with E-state index in [0.29, 0.717) is 19.3 Å². The second kappa shape index (κ2) is 9.41. The molecule has 0 heterocycles. The standard InChI is InChI=1S/C15H22N2O3S/c1-21-10-9-12(16)14(18)17-13(15(19)20)8-7-11-5-3-2-4-6-11/h2-6,12-13H,7-10,16H2,1H3,(H,17,18)(H,19,20)/t12-,13?/m0/s1. The quantitative estimate of drug-likeness (QED) is 0.639. The summed E-state index contributed by atoms with van der Waals surface area (Å²) in [5, 5.41) is 11.7. The van der Waals surface area contributed by atoms with E-state index >= 15 is 0 Å². The summed E-state index contributed by atoms with van der Waals surface area (Å²) in [5.41, 5.74) is 6.79. The van der Waals surface area contributed by atoms with E-state index in [-0.39, 0.29) is 0 Å². The first-order chi connectivity index (χ1) is 10.0. The van der Waals surface area contributed by atoms with Crippen molar-refractivity contribution in [2.75, 3.05) is 12.0 Å². The van der Waals surface area contributed by atoms with E-state index in [1.807, 2.05) is 36.6 Å². The average molecular weight is 310 g/mol. The number of rotatable bonds is 9. The average Bonchev–Trinajstić information content (AvgIpc) is 2.49. The number of hydrogen-bond acceptors (Lipinski definition) is 4. The van der Waals surface area contributed by atoms with E-state index in [0.717, 1.165) is 11.3 Å². The maximum atomic E-state index is 11.9. The van der Waals surface area contributed by atoms with Crippen LogP contribution >= 0.6 is 11.8 Å². The molecule has 0 aliphatic carbocycles. The molecule has 21 heavy (non-hydrogen) atoms. The molecule has 1 rings (SSSR count). The minimum atomic E-state index is -1.03.